The number of carbonyl (C=O) groups is 1. The average Bonchev–Trinajstić information content (AvgIpc) is 3.22. The Balaban J connectivity index is 1.70. The molecule has 1 aromatic heterocycles. The minimum Gasteiger partial charge on any atom is -0.494 e. The number of nitrogens with one attached hydrogen (secondary N) is 1. The van der Waals surface area contributed by atoms with E-state index in [-0.39, 0.29) is 12.4 Å². The molecule has 0 bridgehead atoms. The number of carbonyl (C=O) groups excluding carboxylic acids is 1. The summed E-state index contributed by atoms with van der Waals surface area (Å²) in [6, 6.07) is 14.8. The van der Waals surface area contributed by atoms with Crippen molar-refractivity contribution in [1.82, 2.24) is 15.5 Å². The standard InChI is InChI=1S/C21H24N4O5S/c1-4-29-18-12-10-17(11-13-18)25(31(3,27)28)15(2)21(26)22-14-19-23-20(24-30-19)16-8-6-5-7-9-16/h5-13,15H,4,14H2,1-3H3,(H,22,26). The second kappa shape index (κ2) is 9.61. The highest BCUT2D eigenvalue weighted by Crippen LogP contribution is 2.24. The maximum absolute atomic E-state index is 12.7. The van der Waals surface area contributed by atoms with Crippen molar-refractivity contribution in [2.45, 2.75) is 26.4 Å². The first-order chi connectivity index (χ1) is 14.8. The fraction of sp³-hybridized carbons (Fsp3) is 0.286. The lowest BCUT2D eigenvalue weighted by Gasteiger charge is -2.28. The first kappa shape index (κ1) is 22.3. The van der Waals surface area contributed by atoms with E-state index < -0.39 is 22.0 Å². The largest absolute Gasteiger partial charge is 0.494 e. The summed E-state index contributed by atoms with van der Waals surface area (Å²) in [4.78, 5) is 16.9. The van der Waals surface area contributed by atoms with Crippen LogP contribution in [0.3, 0.4) is 0 Å². The molecular formula is C21H24N4O5S. The zero-order valence-electron chi connectivity index (χ0n) is 17.5. The van der Waals surface area contributed by atoms with Gasteiger partial charge < -0.3 is 14.6 Å². The van der Waals surface area contributed by atoms with Crippen LogP contribution < -0.4 is 14.4 Å². The van der Waals surface area contributed by atoms with Crippen LogP contribution in [0.15, 0.2) is 59.1 Å². The van der Waals surface area contributed by atoms with Gasteiger partial charge in [0.15, 0.2) is 0 Å². The monoisotopic (exact) mass is 444 g/mol. The highest BCUT2D eigenvalue weighted by Gasteiger charge is 2.29. The first-order valence-corrected chi connectivity index (χ1v) is 11.5. The number of aromatic nitrogens is 2. The van der Waals surface area contributed by atoms with Gasteiger partial charge in [-0.25, -0.2) is 8.42 Å². The molecule has 31 heavy (non-hydrogen) atoms. The summed E-state index contributed by atoms with van der Waals surface area (Å²) in [6.45, 7) is 3.84. The van der Waals surface area contributed by atoms with E-state index in [9.17, 15) is 13.2 Å². The van der Waals surface area contributed by atoms with Gasteiger partial charge in [0.2, 0.25) is 27.6 Å². The van der Waals surface area contributed by atoms with Gasteiger partial charge >= 0.3 is 0 Å². The van der Waals surface area contributed by atoms with E-state index in [4.69, 9.17) is 9.26 Å². The van der Waals surface area contributed by atoms with Crippen LogP contribution in [0, 0.1) is 0 Å². The average molecular weight is 445 g/mol. The van der Waals surface area contributed by atoms with E-state index in [1.807, 2.05) is 37.3 Å². The molecule has 3 rings (SSSR count). The molecule has 1 N–H and O–H groups in total. The van der Waals surface area contributed by atoms with Crippen molar-refractivity contribution in [2.75, 3.05) is 17.2 Å². The van der Waals surface area contributed by atoms with Gasteiger partial charge in [0.25, 0.3) is 0 Å². The number of hydrogen-bond acceptors (Lipinski definition) is 7. The molecule has 0 aliphatic carbocycles. The van der Waals surface area contributed by atoms with Gasteiger partial charge in [-0.3, -0.25) is 9.10 Å². The van der Waals surface area contributed by atoms with Gasteiger partial charge in [0.1, 0.15) is 11.8 Å². The number of benzene rings is 2. The molecule has 0 radical (unpaired) electrons. The van der Waals surface area contributed by atoms with Crippen LogP contribution in [0.25, 0.3) is 11.4 Å². The number of anilines is 1. The number of amides is 1. The number of nitrogens with zero attached hydrogens (tertiary/aromatic N) is 3. The zero-order chi connectivity index (χ0) is 22.4. The van der Waals surface area contributed by atoms with Crippen molar-refractivity contribution >= 4 is 21.6 Å². The fourth-order valence-corrected chi connectivity index (χ4v) is 4.18. The maximum atomic E-state index is 12.7. The second-order valence-corrected chi connectivity index (χ2v) is 8.62. The van der Waals surface area contributed by atoms with Gasteiger partial charge in [0.05, 0.1) is 25.1 Å². The van der Waals surface area contributed by atoms with E-state index in [2.05, 4.69) is 15.5 Å². The van der Waals surface area contributed by atoms with E-state index in [0.29, 0.717) is 23.9 Å². The first-order valence-electron chi connectivity index (χ1n) is 9.67. The highest BCUT2D eigenvalue weighted by atomic mass is 32.2. The third-order valence-electron chi connectivity index (χ3n) is 4.40. The van der Waals surface area contributed by atoms with Crippen molar-refractivity contribution in [1.29, 1.82) is 0 Å². The molecular weight excluding hydrogens is 420 g/mol. The Morgan fingerprint density at radius 3 is 2.45 bits per heavy atom. The summed E-state index contributed by atoms with van der Waals surface area (Å²) < 4.78 is 36.4. The molecule has 0 fully saturated rings. The topological polar surface area (TPSA) is 115 Å². The molecule has 164 valence electrons. The Hall–Kier alpha value is -3.40. The van der Waals surface area contributed by atoms with E-state index in [1.54, 1.807) is 24.3 Å². The number of rotatable bonds is 9. The summed E-state index contributed by atoms with van der Waals surface area (Å²) >= 11 is 0. The van der Waals surface area contributed by atoms with Crippen molar-refractivity contribution in [2.24, 2.45) is 0 Å². The molecule has 0 saturated carbocycles. The van der Waals surface area contributed by atoms with E-state index in [0.717, 1.165) is 16.1 Å². The summed E-state index contributed by atoms with van der Waals surface area (Å²) in [5.41, 5.74) is 1.15. The molecule has 1 atom stereocenters. The minimum atomic E-state index is -3.72. The lowest BCUT2D eigenvalue weighted by atomic mass is 10.2. The highest BCUT2D eigenvalue weighted by molar-refractivity contribution is 7.92. The smallest absolute Gasteiger partial charge is 0.246 e. The number of ether oxygens (including phenoxy) is 1. The molecule has 0 spiro atoms. The van der Waals surface area contributed by atoms with Crippen LogP contribution in [0.4, 0.5) is 5.69 Å². The molecule has 0 aliphatic heterocycles. The van der Waals surface area contributed by atoms with Crippen molar-refractivity contribution in [3.63, 3.8) is 0 Å². The van der Waals surface area contributed by atoms with Crippen LogP contribution in [0.5, 0.6) is 5.75 Å². The van der Waals surface area contributed by atoms with E-state index >= 15 is 0 Å². The number of sulfonamides is 1. The van der Waals surface area contributed by atoms with Gasteiger partial charge in [-0.05, 0) is 38.1 Å². The Bertz CT molecular complexity index is 1110. The maximum Gasteiger partial charge on any atom is 0.246 e. The molecule has 1 amide bonds. The fourth-order valence-electron chi connectivity index (χ4n) is 3.01. The van der Waals surface area contributed by atoms with Gasteiger partial charge in [-0.1, -0.05) is 35.5 Å². The summed E-state index contributed by atoms with van der Waals surface area (Å²) in [7, 11) is -3.72. The minimum absolute atomic E-state index is 0.0239. The van der Waals surface area contributed by atoms with Gasteiger partial charge in [-0.15, -0.1) is 0 Å². The lowest BCUT2D eigenvalue weighted by Crippen LogP contribution is -2.47. The normalized spacial score (nSPS) is 12.2. The van der Waals surface area contributed by atoms with Gasteiger partial charge in [-0.2, -0.15) is 4.98 Å². The molecule has 3 aromatic rings. The molecule has 9 nitrogen and oxygen atoms in total. The molecule has 0 saturated heterocycles. The van der Waals surface area contributed by atoms with Crippen LogP contribution in [0.2, 0.25) is 0 Å². The van der Waals surface area contributed by atoms with E-state index in [1.165, 1.54) is 6.92 Å². The Morgan fingerprint density at radius 1 is 1.16 bits per heavy atom. The second-order valence-electron chi connectivity index (χ2n) is 6.76. The molecule has 1 heterocycles. The SMILES string of the molecule is CCOc1ccc(N(C(C)C(=O)NCc2nc(-c3ccccc3)no2)S(C)(=O)=O)cc1. The quantitative estimate of drug-likeness (QED) is 0.539. The number of hydrogen-bond donors (Lipinski definition) is 1. The van der Waals surface area contributed by atoms with Crippen LogP contribution in [-0.4, -0.2) is 43.4 Å². The third-order valence-corrected chi connectivity index (χ3v) is 5.65. The predicted octanol–water partition coefficient (Wildman–Crippen LogP) is 2.61. The molecule has 1 unspecified atom stereocenters. The van der Waals surface area contributed by atoms with Crippen molar-refractivity contribution in [3.05, 3.63) is 60.5 Å². The Labute approximate surface area is 181 Å². The zero-order valence-corrected chi connectivity index (χ0v) is 18.3. The van der Waals surface area contributed by atoms with Gasteiger partial charge in [0, 0.05) is 5.56 Å². The molecule has 2 aromatic carbocycles. The Kier molecular flexibility index (Phi) is 6.91. The van der Waals surface area contributed by atoms with Crippen molar-refractivity contribution in [3.8, 4) is 17.1 Å². The third kappa shape index (κ3) is 5.60. The summed E-state index contributed by atoms with van der Waals surface area (Å²) in [5, 5.41) is 6.55. The van der Waals surface area contributed by atoms with Crippen LogP contribution in [-0.2, 0) is 21.4 Å². The van der Waals surface area contributed by atoms with Crippen molar-refractivity contribution < 1.29 is 22.5 Å². The molecule has 0 aliphatic rings. The summed E-state index contributed by atoms with van der Waals surface area (Å²) in [6.07, 6.45) is 1.05. The lowest BCUT2D eigenvalue weighted by molar-refractivity contribution is -0.122. The Morgan fingerprint density at radius 2 is 1.84 bits per heavy atom. The predicted molar refractivity (Wildman–Crippen MR) is 116 cm³/mol. The molecule has 10 heteroatoms. The van der Waals surface area contributed by atoms with Crippen LogP contribution in [0.1, 0.15) is 19.7 Å². The summed E-state index contributed by atoms with van der Waals surface area (Å²) in [5.74, 6) is 0.734. The van der Waals surface area contributed by atoms with Crippen LogP contribution >= 0.6 is 0 Å².